The maximum atomic E-state index is 15.1. The van der Waals surface area contributed by atoms with E-state index in [-0.39, 0.29) is 42.8 Å². The summed E-state index contributed by atoms with van der Waals surface area (Å²) in [5, 5.41) is 15.7. The van der Waals surface area contributed by atoms with Crippen molar-refractivity contribution in [2.24, 2.45) is 17.8 Å². The van der Waals surface area contributed by atoms with Crippen molar-refractivity contribution in [3.05, 3.63) is 104 Å². The van der Waals surface area contributed by atoms with Gasteiger partial charge < -0.3 is 29.7 Å². The molecule has 0 aromatic heterocycles. The van der Waals surface area contributed by atoms with E-state index in [1.165, 1.54) is 4.90 Å². The molecular weight excluding hydrogens is 726 g/mol. The first-order valence-electron chi connectivity index (χ1n) is 17.8. The number of allylic oxidation sites excluding steroid dienone is 1. The Morgan fingerprint density at radius 3 is 2.46 bits per heavy atom. The summed E-state index contributed by atoms with van der Waals surface area (Å²) in [4.78, 5) is 59.7. The number of ether oxygens (including phenoxy) is 2. The van der Waals surface area contributed by atoms with Crippen LogP contribution in [0.15, 0.2) is 98.1 Å². The van der Waals surface area contributed by atoms with E-state index < -0.39 is 59.5 Å². The molecule has 3 aliphatic heterocycles. The van der Waals surface area contributed by atoms with Gasteiger partial charge in [-0.05, 0) is 47.2 Å². The quantitative estimate of drug-likeness (QED) is 0.119. The number of likely N-dealkylation sites (tertiary alicyclic amines) is 1. The second-order valence-electron chi connectivity index (χ2n) is 14.2. The van der Waals surface area contributed by atoms with Gasteiger partial charge in [0.25, 0.3) is 5.91 Å². The molecule has 274 valence electrons. The largest absolute Gasteiger partial charge is 0.463 e. The number of nitrogens with zero attached hydrogens (tertiary/aromatic N) is 2. The number of hydrogen-bond donors (Lipinski definition) is 2. The van der Waals surface area contributed by atoms with Crippen LogP contribution in [0.5, 0.6) is 0 Å². The van der Waals surface area contributed by atoms with Crippen molar-refractivity contribution in [1.82, 2.24) is 10.2 Å². The molecule has 10 nitrogen and oxygen atoms in total. The molecule has 3 heterocycles. The molecule has 2 bridgehead atoms. The molecule has 3 fully saturated rings. The zero-order valence-electron chi connectivity index (χ0n) is 29.5. The first-order chi connectivity index (χ1) is 25.1. The minimum atomic E-state index is -1.35. The lowest BCUT2D eigenvalue weighted by molar-refractivity contribution is -0.147. The van der Waals surface area contributed by atoms with Crippen LogP contribution in [-0.2, 0) is 28.7 Å². The van der Waals surface area contributed by atoms with Crippen molar-refractivity contribution in [2.45, 2.75) is 67.8 Å². The minimum Gasteiger partial charge on any atom is -0.463 e. The first-order valence-corrected chi connectivity index (χ1v) is 18.8. The number of nitrogens with one attached hydrogen (secondary N) is 1. The van der Waals surface area contributed by atoms with Crippen LogP contribution in [-0.4, -0.2) is 82.1 Å². The molecule has 52 heavy (non-hydrogen) atoms. The zero-order chi connectivity index (χ0) is 37.2. The van der Waals surface area contributed by atoms with Crippen molar-refractivity contribution in [3.63, 3.8) is 0 Å². The maximum absolute atomic E-state index is 15.1. The van der Waals surface area contributed by atoms with Crippen LogP contribution in [0.25, 0.3) is 10.8 Å². The normalized spacial score (nSPS) is 25.8. The van der Waals surface area contributed by atoms with Crippen LogP contribution in [0.2, 0.25) is 0 Å². The molecular formula is C41H46BrN3O7. The fourth-order valence-corrected chi connectivity index (χ4v) is 9.15. The average molecular weight is 773 g/mol. The lowest BCUT2D eigenvalue weighted by Gasteiger charge is -2.40. The van der Waals surface area contributed by atoms with Gasteiger partial charge in [0.1, 0.15) is 18.2 Å². The van der Waals surface area contributed by atoms with Crippen LogP contribution < -0.4 is 10.2 Å². The van der Waals surface area contributed by atoms with E-state index >= 15 is 4.79 Å². The summed E-state index contributed by atoms with van der Waals surface area (Å²) >= 11 is 3.76. The second kappa shape index (κ2) is 15.7. The summed E-state index contributed by atoms with van der Waals surface area (Å²) in [6, 6.07) is 20.2. The Morgan fingerprint density at radius 2 is 1.79 bits per heavy atom. The van der Waals surface area contributed by atoms with Gasteiger partial charge in [0.05, 0.1) is 36.6 Å². The summed E-state index contributed by atoms with van der Waals surface area (Å²) in [6.45, 7) is 11.0. The van der Waals surface area contributed by atoms with E-state index in [1.807, 2.05) is 86.6 Å². The monoisotopic (exact) mass is 771 g/mol. The van der Waals surface area contributed by atoms with Crippen molar-refractivity contribution in [1.29, 1.82) is 0 Å². The highest BCUT2D eigenvalue weighted by Gasteiger charge is 2.77. The smallest absolute Gasteiger partial charge is 0.306 e. The molecule has 0 aliphatic carbocycles. The number of benzene rings is 3. The summed E-state index contributed by atoms with van der Waals surface area (Å²) in [5.41, 5.74) is 0.00331. The number of carbonyl (C=O) groups is 4. The predicted molar refractivity (Wildman–Crippen MR) is 202 cm³/mol. The van der Waals surface area contributed by atoms with E-state index in [0.717, 1.165) is 16.3 Å². The number of esters is 1. The molecule has 3 aromatic rings. The Morgan fingerprint density at radius 1 is 1.08 bits per heavy atom. The number of amides is 3. The lowest BCUT2D eigenvalue weighted by Crippen LogP contribution is -2.60. The number of aliphatic hydroxyl groups excluding tert-OH is 1. The average Bonchev–Trinajstić information content (AvgIpc) is 3.74. The van der Waals surface area contributed by atoms with Gasteiger partial charge in [0, 0.05) is 23.5 Å². The molecule has 6 rings (SSSR count). The molecule has 3 aromatic carbocycles. The van der Waals surface area contributed by atoms with Crippen molar-refractivity contribution in [2.75, 3.05) is 24.7 Å². The Kier molecular flexibility index (Phi) is 11.3. The third-order valence-electron chi connectivity index (χ3n) is 10.7. The predicted octanol–water partition coefficient (Wildman–Crippen LogP) is 5.49. The fraction of sp³-hybridized carbons (Fsp3) is 0.415. The summed E-state index contributed by atoms with van der Waals surface area (Å²) < 4.78 is 12.3. The van der Waals surface area contributed by atoms with Gasteiger partial charge in [0.15, 0.2) is 0 Å². The van der Waals surface area contributed by atoms with E-state index in [9.17, 15) is 19.5 Å². The van der Waals surface area contributed by atoms with Gasteiger partial charge in [-0.25, -0.2) is 0 Å². The third-order valence-corrected chi connectivity index (χ3v) is 11.5. The molecule has 2 N–H and O–H groups in total. The molecule has 3 aliphatic rings. The number of hydrogen-bond acceptors (Lipinski definition) is 7. The highest BCUT2D eigenvalue weighted by molar-refractivity contribution is 9.09. The molecule has 1 spiro atoms. The zero-order valence-corrected chi connectivity index (χ0v) is 31.1. The Hall–Kier alpha value is -4.32. The molecule has 1 unspecified atom stereocenters. The van der Waals surface area contributed by atoms with Crippen molar-refractivity contribution < 1.29 is 33.8 Å². The summed E-state index contributed by atoms with van der Waals surface area (Å²) in [6.07, 6.45) is 3.50. The number of aliphatic hydroxyl groups is 1. The Bertz CT molecular complexity index is 1840. The number of rotatable bonds is 15. The standard InChI is InChI=1S/C41H46BrN3O7/c1-5-7-17-33(47)51-24-31(27-14-9-8-10-15-27)43-38(48)34-35-39(49)45(32(23-46)25(3)4)37(41(35)22-30(42)36(34)52-41)40(50)44(20-6-2)29-19-18-26-13-11-12-16-28(26)21-29/h5-6,8-16,18-19,21,25,30-32,34-37,46H,1-2,7,17,20,22-24H2,3-4H3,(H,43,48)/t30?,31-,32+,34-,35+,36-,37-,41+/m1/s1. The molecule has 11 heteroatoms. The van der Waals surface area contributed by atoms with Crippen LogP contribution in [0.1, 0.15) is 44.7 Å². The summed E-state index contributed by atoms with van der Waals surface area (Å²) in [5.74, 6) is -3.82. The molecule has 3 amide bonds. The van der Waals surface area contributed by atoms with Crippen LogP contribution >= 0.6 is 15.9 Å². The van der Waals surface area contributed by atoms with Gasteiger partial charge in [-0.2, -0.15) is 0 Å². The van der Waals surface area contributed by atoms with E-state index in [0.29, 0.717) is 18.5 Å². The number of anilines is 1. The van der Waals surface area contributed by atoms with Crippen molar-refractivity contribution in [3.8, 4) is 0 Å². The molecule has 3 saturated heterocycles. The van der Waals surface area contributed by atoms with Crippen LogP contribution in [0, 0.1) is 17.8 Å². The highest BCUT2D eigenvalue weighted by atomic mass is 79.9. The van der Waals surface area contributed by atoms with Crippen LogP contribution in [0.4, 0.5) is 5.69 Å². The minimum absolute atomic E-state index is 0.110. The summed E-state index contributed by atoms with van der Waals surface area (Å²) in [7, 11) is 0. The van der Waals surface area contributed by atoms with Gasteiger partial charge in [-0.15, -0.1) is 13.2 Å². The number of alkyl halides is 1. The molecule has 8 atom stereocenters. The number of halogens is 1. The van der Waals surface area contributed by atoms with Gasteiger partial charge in [-0.3, -0.25) is 19.2 Å². The van der Waals surface area contributed by atoms with Gasteiger partial charge in [0.2, 0.25) is 11.8 Å². The highest BCUT2D eigenvalue weighted by Crippen LogP contribution is 2.61. The molecule has 0 saturated carbocycles. The van der Waals surface area contributed by atoms with Crippen LogP contribution in [0.3, 0.4) is 0 Å². The first kappa shape index (κ1) is 37.4. The Labute approximate surface area is 313 Å². The fourth-order valence-electron chi connectivity index (χ4n) is 8.21. The van der Waals surface area contributed by atoms with E-state index in [4.69, 9.17) is 9.47 Å². The maximum Gasteiger partial charge on any atom is 0.306 e. The topological polar surface area (TPSA) is 125 Å². The lowest BCUT2D eigenvalue weighted by atomic mass is 9.70. The van der Waals surface area contributed by atoms with Gasteiger partial charge >= 0.3 is 5.97 Å². The van der Waals surface area contributed by atoms with E-state index in [2.05, 4.69) is 34.4 Å². The third kappa shape index (κ3) is 6.81. The van der Waals surface area contributed by atoms with E-state index in [1.54, 1.807) is 17.1 Å². The SMILES string of the molecule is C=CCCC(=O)OC[C@@H](NC(=O)[C@H]1[C@@H]2O[C@@]3(CC2Br)[C@@H]1C(=O)N([C@@H](CO)C(C)C)[C@@H]3C(=O)N(CC=C)c1ccc2ccccc2c1)c1ccccc1. The number of carbonyl (C=O) groups excluding carboxylic acids is 4. The molecule has 0 radical (unpaired) electrons. The second-order valence-corrected chi connectivity index (χ2v) is 15.3. The Balaban J connectivity index is 1.37. The van der Waals surface area contributed by atoms with Gasteiger partial charge in [-0.1, -0.05) is 103 Å². The number of fused-ring (bicyclic) bond motifs is 2. The van der Waals surface area contributed by atoms with Crippen molar-refractivity contribution >= 4 is 56.1 Å².